The Morgan fingerprint density at radius 1 is 1.04 bits per heavy atom. The van der Waals surface area contributed by atoms with E-state index >= 15 is 0 Å². The van der Waals surface area contributed by atoms with Crippen LogP contribution in [-0.4, -0.2) is 34.5 Å². The molecule has 0 amide bonds. The van der Waals surface area contributed by atoms with Gasteiger partial charge >= 0.3 is 0 Å². The highest BCUT2D eigenvalue weighted by molar-refractivity contribution is 7.89. The van der Waals surface area contributed by atoms with Crippen molar-refractivity contribution in [1.82, 2.24) is 4.72 Å². The predicted octanol–water partition coefficient (Wildman–Crippen LogP) is 2.88. The molecule has 0 radical (unpaired) electrons. The molecular weight excluding hydrogens is 340 g/mol. The molecule has 0 aromatic heterocycles. The second kappa shape index (κ2) is 9.15. The molecule has 3 N–H and O–H groups in total. The number of nitrogen functional groups attached to an aromatic ring is 1. The number of hydrogen-bond acceptors (Lipinski definition) is 5. The van der Waals surface area contributed by atoms with Crippen molar-refractivity contribution >= 4 is 26.5 Å². The average Bonchev–Trinajstić information content (AvgIpc) is 2.59. The van der Waals surface area contributed by atoms with E-state index in [0.717, 1.165) is 5.39 Å². The van der Waals surface area contributed by atoms with Crippen LogP contribution < -0.4 is 10.5 Å². The summed E-state index contributed by atoms with van der Waals surface area (Å²) in [6.45, 7) is 5.25. The van der Waals surface area contributed by atoms with E-state index in [9.17, 15) is 8.42 Å². The van der Waals surface area contributed by atoms with E-state index in [-0.39, 0.29) is 11.2 Å². The van der Waals surface area contributed by atoms with Crippen molar-refractivity contribution in [3.05, 3.63) is 36.4 Å². The normalized spacial score (nSPS) is 12.1. The quantitative estimate of drug-likeness (QED) is 0.383. The first-order valence-electron chi connectivity index (χ1n) is 8.49. The lowest BCUT2D eigenvalue weighted by Gasteiger charge is -2.17. The second-order valence-corrected chi connectivity index (χ2v) is 7.31. The Hall–Kier alpha value is -1.67. The third kappa shape index (κ3) is 5.15. The van der Waals surface area contributed by atoms with Gasteiger partial charge < -0.3 is 15.2 Å². The molecule has 0 heterocycles. The van der Waals surface area contributed by atoms with Crippen LogP contribution in [0.2, 0.25) is 0 Å². The molecule has 0 aliphatic carbocycles. The second-order valence-electron chi connectivity index (χ2n) is 5.58. The summed E-state index contributed by atoms with van der Waals surface area (Å²) in [4.78, 5) is 0.239. The minimum Gasteiger partial charge on any atom is -0.398 e. The van der Waals surface area contributed by atoms with Crippen molar-refractivity contribution in [2.45, 2.75) is 37.9 Å². The number of nitrogens with two attached hydrogens (primary N) is 1. The Labute approximate surface area is 149 Å². The van der Waals surface area contributed by atoms with Crippen molar-refractivity contribution in [1.29, 1.82) is 0 Å². The Morgan fingerprint density at radius 3 is 2.36 bits per heavy atom. The van der Waals surface area contributed by atoms with Crippen LogP contribution >= 0.6 is 0 Å². The zero-order valence-electron chi connectivity index (χ0n) is 14.7. The smallest absolute Gasteiger partial charge is 0.241 e. The van der Waals surface area contributed by atoms with Gasteiger partial charge in [0.05, 0.1) is 4.90 Å². The minimum atomic E-state index is -3.61. The predicted molar refractivity (Wildman–Crippen MR) is 99.8 cm³/mol. The standard InChI is InChI=1S/C18H26N2O4S/c1-3-23-18(24-4-2)12-7-13-20-25(21,22)17-11-6-8-14-15(17)9-5-10-16(14)19/h5-6,8-11,18,20H,3-4,7,12-13,19H2,1-2H3. The van der Waals surface area contributed by atoms with E-state index in [1.54, 1.807) is 30.3 Å². The third-order valence-corrected chi connectivity index (χ3v) is 5.34. The van der Waals surface area contributed by atoms with Gasteiger partial charge in [-0.25, -0.2) is 13.1 Å². The molecule has 0 saturated heterocycles. The van der Waals surface area contributed by atoms with Crippen molar-refractivity contribution < 1.29 is 17.9 Å². The molecule has 0 fully saturated rings. The Kier molecular flexibility index (Phi) is 7.19. The number of benzene rings is 2. The van der Waals surface area contributed by atoms with Crippen molar-refractivity contribution in [3.8, 4) is 0 Å². The molecule has 0 spiro atoms. The summed E-state index contributed by atoms with van der Waals surface area (Å²) < 4.78 is 38.8. The Balaban J connectivity index is 2.04. The first-order valence-corrected chi connectivity index (χ1v) is 9.98. The molecule has 2 aromatic carbocycles. The number of hydrogen-bond donors (Lipinski definition) is 2. The summed E-state index contributed by atoms with van der Waals surface area (Å²) in [5.74, 6) is 0. The molecule has 6 nitrogen and oxygen atoms in total. The third-order valence-electron chi connectivity index (χ3n) is 3.82. The van der Waals surface area contributed by atoms with Crippen LogP contribution in [0.3, 0.4) is 0 Å². The Morgan fingerprint density at radius 2 is 1.68 bits per heavy atom. The van der Waals surface area contributed by atoms with E-state index in [0.29, 0.717) is 43.7 Å². The Bertz CT molecular complexity index is 787. The lowest BCUT2D eigenvalue weighted by Crippen LogP contribution is -2.26. The van der Waals surface area contributed by atoms with E-state index in [4.69, 9.17) is 15.2 Å². The molecule has 2 aromatic rings. The van der Waals surface area contributed by atoms with Gasteiger partial charge in [-0.3, -0.25) is 0 Å². The molecule has 0 atom stereocenters. The monoisotopic (exact) mass is 366 g/mol. The fraction of sp³-hybridized carbons (Fsp3) is 0.444. The van der Waals surface area contributed by atoms with Gasteiger partial charge in [-0.15, -0.1) is 0 Å². The number of ether oxygens (including phenoxy) is 2. The van der Waals surface area contributed by atoms with Crippen LogP contribution in [0.4, 0.5) is 5.69 Å². The van der Waals surface area contributed by atoms with Crippen LogP contribution in [0.1, 0.15) is 26.7 Å². The van der Waals surface area contributed by atoms with Crippen LogP contribution in [0.25, 0.3) is 10.8 Å². The molecule has 138 valence electrons. The summed E-state index contributed by atoms with van der Waals surface area (Å²) in [6.07, 6.45) is 0.959. The van der Waals surface area contributed by atoms with Gasteiger partial charge in [0.15, 0.2) is 6.29 Å². The summed E-state index contributed by atoms with van der Waals surface area (Å²) in [5.41, 5.74) is 6.50. The van der Waals surface area contributed by atoms with E-state index in [1.807, 2.05) is 19.9 Å². The number of nitrogens with one attached hydrogen (secondary N) is 1. The highest BCUT2D eigenvalue weighted by atomic mass is 32.2. The first kappa shape index (κ1) is 19.7. The largest absolute Gasteiger partial charge is 0.398 e. The van der Waals surface area contributed by atoms with Gasteiger partial charge in [0, 0.05) is 36.2 Å². The average molecular weight is 366 g/mol. The van der Waals surface area contributed by atoms with Gasteiger partial charge in [0.25, 0.3) is 0 Å². The molecule has 25 heavy (non-hydrogen) atoms. The summed E-state index contributed by atoms with van der Waals surface area (Å²) in [5, 5.41) is 1.36. The first-order chi connectivity index (χ1) is 12.0. The molecule has 7 heteroatoms. The van der Waals surface area contributed by atoms with Crippen LogP contribution in [0, 0.1) is 0 Å². The van der Waals surface area contributed by atoms with Crippen molar-refractivity contribution in [3.63, 3.8) is 0 Å². The van der Waals surface area contributed by atoms with E-state index in [2.05, 4.69) is 4.72 Å². The fourth-order valence-corrected chi connectivity index (χ4v) is 3.97. The van der Waals surface area contributed by atoms with Crippen LogP contribution in [0.5, 0.6) is 0 Å². The number of rotatable bonds is 10. The molecule has 0 bridgehead atoms. The summed E-state index contributed by atoms with van der Waals surface area (Å²) >= 11 is 0. The maximum Gasteiger partial charge on any atom is 0.241 e. The highest BCUT2D eigenvalue weighted by Gasteiger charge is 2.17. The van der Waals surface area contributed by atoms with E-state index in [1.165, 1.54) is 0 Å². The topological polar surface area (TPSA) is 90.7 Å². The maximum absolute atomic E-state index is 12.6. The van der Waals surface area contributed by atoms with Gasteiger partial charge in [-0.2, -0.15) is 0 Å². The minimum absolute atomic E-state index is 0.239. The molecule has 0 unspecified atom stereocenters. The van der Waals surface area contributed by atoms with Gasteiger partial charge in [-0.1, -0.05) is 24.3 Å². The number of anilines is 1. The zero-order valence-corrected chi connectivity index (χ0v) is 15.5. The lowest BCUT2D eigenvalue weighted by molar-refractivity contribution is -0.139. The van der Waals surface area contributed by atoms with Crippen molar-refractivity contribution in [2.75, 3.05) is 25.5 Å². The SMILES string of the molecule is CCOC(CCCNS(=O)(=O)c1cccc2c(N)cccc12)OCC. The fourth-order valence-electron chi connectivity index (χ4n) is 2.68. The molecular formula is C18H26N2O4S. The van der Waals surface area contributed by atoms with Gasteiger partial charge in [-0.05, 0) is 38.8 Å². The number of fused-ring (bicyclic) bond motifs is 1. The number of sulfonamides is 1. The molecule has 0 saturated carbocycles. The van der Waals surface area contributed by atoms with Crippen molar-refractivity contribution in [2.24, 2.45) is 0 Å². The van der Waals surface area contributed by atoms with E-state index < -0.39 is 10.0 Å². The zero-order chi connectivity index (χ0) is 18.3. The summed E-state index contributed by atoms with van der Waals surface area (Å²) in [6, 6.07) is 10.4. The summed E-state index contributed by atoms with van der Waals surface area (Å²) in [7, 11) is -3.61. The molecule has 2 rings (SSSR count). The van der Waals surface area contributed by atoms with Crippen LogP contribution in [0.15, 0.2) is 41.3 Å². The molecule has 0 aliphatic rings. The molecule has 0 aliphatic heterocycles. The maximum atomic E-state index is 12.6. The highest BCUT2D eigenvalue weighted by Crippen LogP contribution is 2.26. The van der Waals surface area contributed by atoms with Crippen LogP contribution in [-0.2, 0) is 19.5 Å². The lowest BCUT2D eigenvalue weighted by atomic mass is 10.1. The van der Waals surface area contributed by atoms with Gasteiger partial charge in [0.1, 0.15) is 0 Å². The van der Waals surface area contributed by atoms with Gasteiger partial charge in [0.2, 0.25) is 10.0 Å².